The molecule has 1 unspecified atom stereocenters. The molecule has 88 valence electrons. The minimum Gasteiger partial charge on any atom is -0.323 e. The Balaban J connectivity index is 1.91. The van der Waals surface area contributed by atoms with Gasteiger partial charge in [-0.05, 0) is 23.9 Å². The van der Waals surface area contributed by atoms with Gasteiger partial charge >= 0.3 is 0 Å². The van der Waals surface area contributed by atoms with Gasteiger partial charge in [-0.3, -0.25) is 0 Å². The van der Waals surface area contributed by atoms with Gasteiger partial charge in [0.25, 0.3) is 0 Å². The zero-order valence-electron chi connectivity index (χ0n) is 10.3. The third kappa shape index (κ3) is 2.83. The molecule has 0 saturated carbocycles. The molecule has 16 heavy (non-hydrogen) atoms. The molecule has 2 rings (SSSR count). The van der Waals surface area contributed by atoms with E-state index in [1.54, 1.807) is 0 Å². The summed E-state index contributed by atoms with van der Waals surface area (Å²) in [6.07, 6.45) is 1.29. The Morgan fingerprint density at radius 1 is 1.31 bits per heavy atom. The van der Waals surface area contributed by atoms with Crippen molar-refractivity contribution in [2.45, 2.75) is 26.3 Å². The Bertz CT molecular complexity index is 332. The molecule has 1 aromatic rings. The van der Waals surface area contributed by atoms with Crippen molar-refractivity contribution in [1.29, 1.82) is 0 Å². The molecule has 1 atom stereocenters. The molecule has 0 radical (unpaired) electrons. The first-order chi connectivity index (χ1) is 7.57. The van der Waals surface area contributed by atoms with Crippen LogP contribution >= 0.6 is 0 Å². The lowest BCUT2D eigenvalue weighted by molar-refractivity contribution is 0.276. The van der Waals surface area contributed by atoms with Gasteiger partial charge in [-0.25, -0.2) is 0 Å². The van der Waals surface area contributed by atoms with E-state index in [-0.39, 0.29) is 6.04 Å². The van der Waals surface area contributed by atoms with Gasteiger partial charge in [0.15, 0.2) is 0 Å². The van der Waals surface area contributed by atoms with Gasteiger partial charge in [0.1, 0.15) is 0 Å². The highest BCUT2D eigenvalue weighted by Crippen LogP contribution is 2.29. The number of hydrogen-bond acceptors (Lipinski definition) is 2. The number of nitrogens with two attached hydrogens (primary N) is 1. The molecule has 0 amide bonds. The van der Waals surface area contributed by atoms with Crippen LogP contribution in [0.15, 0.2) is 30.3 Å². The third-order valence-electron chi connectivity index (χ3n) is 3.44. The van der Waals surface area contributed by atoms with E-state index in [1.807, 2.05) is 6.07 Å². The van der Waals surface area contributed by atoms with Gasteiger partial charge in [-0.1, -0.05) is 44.2 Å². The Kier molecular flexibility index (Phi) is 3.31. The lowest BCUT2D eigenvalue weighted by Crippen LogP contribution is -2.31. The van der Waals surface area contributed by atoms with Crippen molar-refractivity contribution < 1.29 is 0 Å². The minimum atomic E-state index is 0.148. The lowest BCUT2D eigenvalue weighted by atomic mass is 9.93. The molecule has 1 aliphatic heterocycles. The summed E-state index contributed by atoms with van der Waals surface area (Å²) >= 11 is 0. The van der Waals surface area contributed by atoms with E-state index < -0.39 is 0 Å². The van der Waals surface area contributed by atoms with Crippen LogP contribution in [-0.4, -0.2) is 24.5 Å². The van der Waals surface area contributed by atoms with E-state index in [1.165, 1.54) is 25.1 Å². The van der Waals surface area contributed by atoms with Crippen molar-refractivity contribution in [2.24, 2.45) is 11.1 Å². The van der Waals surface area contributed by atoms with Gasteiger partial charge in [0.2, 0.25) is 0 Å². The highest BCUT2D eigenvalue weighted by atomic mass is 15.2. The number of likely N-dealkylation sites (tertiary alicyclic amines) is 1. The largest absolute Gasteiger partial charge is 0.323 e. The van der Waals surface area contributed by atoms with Gasteiger partial charge < -0.3 is 10.6 Å². The highest BCUT2D eigenvalue weighted by molar-refractivity contribution is 5.18. The van der Waals surface area contributed by atoms with Crippen LogP contribution in [-0.2, 0) is 0 Å². The maximum atomic E-state index is 6.22. The quantitative estimate of drug-likeness (QED) is 0.844. The fourth-order valence-electron chi connectivity index (χ4n) is 2.46. The molecule has 1 saturated heterocycles. The maximum Gasteiger partial charge on any atom is 0.0424 e. The van der Waals surface area contributed by atoms with Crippen molar-refractivity contribution in [1.82, 2.24) is 4.90 Å². The van der Waals surface area contributed by atoms with E-state index in [0.717, 1.165) is 6.54 Å². The van der Waals surface area contributed by atoms with Crippen LogP contribution in [0.1, 0.15) is 31.9 Å². The zero-order valence-corrected chi connectivity index (χ0v) is 10.3. The van der Waals surface area contributed by atoms with E-state index >= 15 is 0 Å². The maximum absolute atomic E-state index is 6.22. The summed E-state index contributed by atoms with van der Waals surface area (Å²) in [5.41, 5.74) is 7.93. The molecule has 0 bridgehead atoms. The Morgan fingerprint density at radius 2 is 2.00 bits per heavy atom. The molecule has 0 spiro atoms. The first-order valence-electron chi connectivity index (χ1n) is 6.10. The van der Waals surface area contributed by atoms with Crippen molar-refractivity contribution in [3.63, 3.8) is 0 Å². The number of rotatable bonds is 3. The van der Waals surface area contributed by atoms with Crippen molar-refractivity contribution in [2.75, 3.05) is 19.6 Å². The predicted molar refractivity (Wildman–Crippen MR) is 68.2 cm³/mol. The van der Waals surface area contributed by atoms with Gasteiger partial charge in [-0.2, -0.15) is 0 Å². The molecular formula is C14H22N2. The van der Waals surface area contributed by atoms with Crippen molar-refractivity contribution in [3.05, 3.63) is 35.9 Å². The first kappa shape index (κ1) is 11.6. The van der Waals surface area contributed by atoms with Gasteiger partial charge in [-0.15, -0.1) is 0 Å². The monoisotopic (exact) mass is 218 g/mol. The Hall–Kier alpha value is -0.860. The zero-order chi connectivity index (χ0) is 11.6. The van der Waals surface area contributed by atoms with Gasteiger partial charge in [0, 0.05) is 19.1 Å². The molecule has 0 aliphatic carbocycles. The highest BCUT2D eigenvalue weighted by Gasteiger charge is 2.29. The molecule has 1 aromatic carbocycles. The van der Waals surface area contributed by atoms with Crippen LogP contribution in [0.5, 0.6) is 0 Å². The molecule has 1 heterocycles. The van der Waals surface area contributed by atoms with Crippen LogP contribution in [0, 0.1) is 5.41 Å². The van der Waals surface area contributed by atoms with Crippen LogP contribution < -0.4 is 5.73 Å². The fourth-order valence-corrected chi connectivity index (χ4v) is 2.46. The summed E-state index contributed by atoms with van der Waals surface area (Å²) in [6, 6.07) is 10.5. The normalized spacial score (nSPS) is 22.2. The van der Waals surface area contributed by atoms with Crippen LogP contribution in [0.2, 0.25) is 0 Å². The van der Waals surface area contributed by atoms with E-state index in [4.69, 9.17) is 5.73 Å². The topological polar surface area (TPSA) is 29.3 Å². The Labute approximate surface area is 98.4 Å². The molecule has 2 heteroatoms. The molecule has 2 N–H and O–H groups in total. The first-order valence-corrected chi connectivity index (χ1v) is 6.10. The van der Waals surface area contributed by atoms with Crippen LogP contribution in [0.3, 0.4) is 0 Å². The SMILES string of the molecule is CC1(C)CCN(CC(N)c2ccccc2)C1. The summed E-state index contributed by atoms with van der Waals surface area (Å²) in [5, 5.41) is 0. The van der Waals surface area contributed by atoms with Crippen LogP contribution in [0.25, 0.3) is 0 Å². The summed E-state index contributed by atoms with van der Waals surface area (Å²) < 4.78 is 0. The number of benzene rings is 1. The second-order valence-corrected chi connectivity index (χ2v) is 5.67. The Morgan fingerprint density at radius 3 is 2.56 bits per heavy atom. The van der Waals surface area contributed by atoms with E-state index in [0.29, 0.717) is 5.41 Å². The van der Waals surface area contributed by atoms with Gasteiger partial charge in [0.05, 0.1) is 0 Å². The van der Waals surface area contributed by atoms with Crippen molar-refractivity contribution >= 4 is 0 Å². The summed E-state index contributed by atoms with van der Waals surface area (Å²) in [4.78, 5) is 2.48. The number of hydrogen-bond donors (Lipinski definition) is 1. The molecule has 0 aromatic heterocycles. The average molecular weight is 218 g/mol. The third-order valence-corrected chi connectivity index (χ3v) is 3.44. The second-order valence-electron chi connectivity index (χ2n) is 5.67. The second kappa shape index (κ2) is 4.56. The van der Waals surface area contributed by atoms with Crippen molar-refractivity contribution in [3.8, 4) is 0 Å². The summed E-state index contributed by atoms with van der Waals surface area (Å²) in [6.45, 7) is 8.01. The minimum absolute atomic E-state index is 0.148. The smallest absolute Gasteiger partial charge is 0.0424 e. The number of nitrogens with zero attached hydrogens (tertiary/aromatic N) is 1. The predicted octanol–water partition coefficient (Wildman–Crippen LogP) is 2.42. The molecular weight excluding hydrogens is 196 g/mol. The molecule has 1 fully saturated rings. The van der Waals surface area contributed by atoms with E-state index in [9.17, 15) is 0 Å². The standard InChI is InChI=1S/C14H22N2/c1-14(2)8-9-16(11-14)10-13(15)12-6-4-3-5-7-12/h3-7,13H,8-11,15H2,1-2H3. The van der Waals surface area contributed by atoms with Crippen LogP contribution in [0.4, 0.5) is 0 Å². The summed E-state index contributed by atoms with van der Waals surface area (Å²) in [7, 11) is 0. The molecule has 2 nitrogen and oxygen atoms in total. The lowest BCUT2D eigenvalue weighted by Gasteiger charge is -2.23. The fraction of sp³-hybridized carbons (Fsp3) is 0.571. The summed E-state index contributed by atoms with van der Waals surface area (Å²) in [5.74, 6) is 0. The van der Waals surface area contributed by atoms with E-state index in [2.05, 4.69) is 43.0 Å². The average Bonchev–Trinajstić information content (AvgIpc) is 2.59. The molecule has 1 aliphatic rings.